The second kappa shape index (κ2) is 11.5. The van der Waals surface area contributed by atoms with Crippen molar-refractivity contribution in [1.82, 2.24) is 10.5 Å². The van der Waals surface area contributed by atoms with Crippen LogP contribution in [0, 0.1) is 5.82 Å². The summed E-state index contributed by atoms with van der Waals surface area (Å²) in [6.45, 7) is 11.8. The Hall–Kier alpha value is -3.53. The molecule has 1 saturated carbocycles. The van der Waals surface area contributed by atoms with Gasteiger partial charge in [0.1, 0.15) is 0 Å². The van der Waals surface area contributed by atoms with Crippen LogP contribution in [0.15, 0.2) is 71.3 Å². The van der Waals surface area contributed by atoms with Crippen molar-refractivity contribution in [1.29, 1.82) is 0 Å². The fourth-order valence-electron chi connectivity index (χ4n) is 6.49. The number of amides is 1. The predicted octanol–water partition coefficient (Wildman–Crippen LogP) is 5.55. The molecule has 2 fully saturated rings. The summed E-state index contributed by atoms with van der Waals surface area (Å²) in [4.78, 5) is 15.1. The molecule has 2 heterocycles. The van der Waals surface area contributed by atoms with Crippen LogP contribution in [-0.4, -0.2) is 50.7 Å². The molecule has 1 aliphatic carbocycles. The zero-order valence-electron chi connectivity index (χ0n) is 25.5. The van der Waals surface area contributed by atoms with Crippen LogP contribution in [0.1, 0.15) is 63.5 Å². The first-order valence-corrected chi connectivity index (χ1v) is 17.1. The number of fused-ring (bicyclic) bond motifs is 1. The SMILES string of the molecule is C[C@@H]1CN(c2c(CO[Si](c3ccccc3)(c3ccccc3)C(C)(C)C)cc3c(C(=O)NC4CC4)noc3c2F)C[C@H](C)O1. The first-order chi connectivity index (χ1) is 20.6. The highest BCUT2D eigenvalue weighted by molar-refractivity contribution is 6.99. The van der Waals surface area contributed by atoms with Gasteiger partial charge in [0.2, 0.25) is 5.58 Å². The number of aromatic nitrogens is 1. The van der Waals surface area contributed by atoms with Crippen LogP contribution in [0.2, 0.25) is 5.04 Å². The number of halogens is 1. The Morgan fingerprint density at radius 3 is 2.14 bits per heavy atom. The van der Waals surface area contributed by atoms with Crippen LogP contribution < -0.4 is 20.6 Å². The van der Waals surface area contributed by atoms with Gasteiger partial charge in [-0.1, -0.05) is 86.6 Å². The van der Waals surface area contributed by atoms with E-state index < -0.39 is 14.1 Å². The predicted molar refractivity (Wildman–Crippen MR) is 169 cm³/mol. The number of hydrogen-bond donors (Lipinski definition) is 1. The summed E-state index contributed by atoms with van der Waals surface area (Å²) in [6.07, 6.45) is 1.70. The minimum absolute atomic E-state index is 0.0167. The molecule has 1 aliphatic heterocycles. The third kappa shape index (κ3) is 5.61. The summed E-state index contributed by atoms with van der Waals surface area (Å²) in [5.41, 5.74) is 1.15. The number of rotatable bonds is 8. The van der Waals surface area contributed by atoms with E-state index in [0.29, 0.717) is 29.7 Å². The van der Waals surface area contributed by atoms with Gasteiger partial charge in [-0.15, -0.1) is 0 Å². The van der Waals surface area contributed by atoms with Crippen LogP contribution in [-0.2, 0) is 15.8 Å². The molecule has 6 rings (SSSR count). The minimum atomic E-state index is -2.93. The average molecular weight is 602 g/mol. The maximum absolute atomic E-state index is 16.6. The van der Waals surface area contributed by atoms with E-state index in [1.165, 1.54) is 0 Å². The summed E-state index contributed by atoms with van der Waals surface area (Å²) in [5.74, 6) is -0.876. The number of ether oxygens (including phenoxy) is 1. The van der Waals surface area contributed by atoms with E-state index in [4.69, 9.17) is 13.7 Å². The lowest BCUT2D eigenvalue weighted by molar-refractivity contribution is -0.00549. The van der Waals surface area contributed by atoms with E-state index in [9.17, 15) is 4.79 Å². The average Bonchev–Trinajstić information content (AvgIpc) is 3.68. The van der Waals surface area contributed by atoms with Gasteiger partial charge >= 0.3 is 0 Å². The Balaban J connectivity index is 1.50. The third-order valence-electron chi connectivity index (χ3n) is 8.48. The standard InChI is InChI=1S/C34H40FN3O4Si/c1-22-19-38(20-23(2)41-22)31-24(18-28-30(33(39)36-25-16-17-25)37-42-32(28)29(31)35)21-40-43(34(3,4)5,26-12-8-6-9-13-26)27-14-10-7-11-15-27/h6-15,18,22-23,25H,16-17,19-21H2,1-5H3,(H,36,39)/t22-,23+. The van der Waals surface area contributed by atoms with Crippen LogP contribution >= 0.6 is 0 Å². The molecule has 4 aromatic rings. The van der Waals surface area contributed by atoms with Crippen molar-refractivity contribution < 1.29 is 22.9 Å². The van der Waals surface area contributed by atoms with Crippen LogP contribution in [0.25, 0.3) is 11.0 Å². The van der Waals surface area contributed by atoms with Crippen molar-refractivity contribution in [3.05, 3.63) is 83.8 Å². The number of morpholine rings is 1. The Bertz CT molecular complexity index is 1550. The van der Waals surface area contributed by atoms with Gasteiger partial charge < -0.3 is 23.9 Å². The van der Waals surface area contributed by atoms with Crippen molar-refractivity contribution in [2.75, 3.05) is 18.0 Å². The lowest BCUT2D eigenvalue weighted by atomic mass is 10.0. The molecule has 0 unspecified atom stereocenters. The van der Waals surface area contributed by atoms with Gasteiger partial charge in [-0.25, -0.2) is 4.39 Å². The molecule has 1 N–H and O–H groups in total. The number of carbonyl (C=O) groups excluding carboxylic acids is 1. The van der Waals surface area contributed by atoms with Gasteiger partial charge in [-0.05, 0) is 48.2 Å². The molecule has 1 amide bonds. The molecule has 9 heteroatoms. The van der Waals surface area contributed by atoms with Crippen molar-refractivity contribution in [2.45, 2.75) is 77.4 Å². The van der Waals surface area contributed by atoms with Crippen LogP contribution in [0.3, 0.4) is 0 Å². The highest BCUT2D eigenvalue weighted by atomic mass is 28.4. The molecular formula is C34H40FN3O4Si. The summed E-state index contributed by atoms with van der Waals surface area (Å²) in [5, 5.41) is 9.37. The fraction of sp³-hybridized carbons (Fsp3) is 0.412. The fourth-order valence-corrected chi connectivity index (χ4v) is 11.0. The molecule has 7 nitrogen and oxygen atoms in total. The first-order valence-electron chi connectivity index (χ1n) is 15.2. The van der Waals surface area contributed by atoms with Gasteiger partial charge in [0.15, 0.2) is 11.5 Å². The largest absolute Gasteiger partial charge is 0.403 e. The molecule has 2 atom stereocenters. The topological polar surface area (TPSA) is 76.8 Å². The lowest BCUT2D eigenvalue weighted by Gasteiger charge is -2.43. The van der Waals surface area contributed by atoms with E-state index in [1.807, 2.05) is 61.2 Å². The van der Waals surface area contributed by atoms with Gasteiger partial charge in [0.05, 0.1) is 29.9 Å². The minimum Gasteiger partial charge on any atom is -0.403 e. The Kier molecular flexibility index (Phi) is 7.91. The van der Waals surface area contributed by atoms with Crippen LogP contribution in [0.5, 0.6) is 0 Å². The van der Waals surface area contributed by atoms with Gasteiger partial charge in [-0.2, -0.15) is 0 Å². The second-order valence-corrected chi connectivity index (χ2v) is 17.3. The Morgan fingerprint density at radius 2 is 1.60 bits per heavy atom. The van der Waals surface area contributed by atoms with Gasteiger partial charge in [-0.3, -0.25) is 4.79 Å². The second-order valence-electron chi connectivity index (χ2n) is 13.0. The molecule has 0 spiro atoms. The zero-order chi connectivity index (χ0) is 30.4. The van der Waals surface area contributed by atoms with E-state index in [-0.39, 0.29) is 47.1 Å². The monoisotopic (exact) mass is 601 g/mol. The van der Waals surface area contributed by atoms with E-state index in [1.54, 1.807) is 0 Å². The maximum Gasteiger partial charge on any atom is 0.274 e. The molecular weight excluding hydrogens is 561 g/mol. The molecule has 43 heavy (non-hydrogen) atoms. The maximum atomic E-state index is 16.6. The molecule has 1 aromatic heterocycles. The normalized spacial score (nSPS) is 19.5. The number of hydrogen-bond acceptors (Lipinski definition) is 6. The van der Waals surface area contributed by atoms with E-state index in [0.717, 1.165) is 23.2 Å². The Morgan fingerprint density at radius 1 is 1.02 bits per heavy atom. The molecule has 3 aromatic carbocycles. The van der Waals surface area contributed by atoms with Crippen LogP contribution in [0.4, 0.5) is 10.1 Å². The number of carbonyl (C=O) groups is 1. The van der Waals surface area contributed by atoms with Crippen molar-refractivity contribution >= 4 is 41.3 Å². The molecule has 226 valence electrons. The highest BCUT2D eigenvalue weighted by Crippen LogP contribution is 2.40. The van der Waals surface area contributed by atoms with Gasteiger partial charge in [0, 0.05) is 24.7 Å². The number of anilines is 1. The number of nitrogens with zero attached hydrogens (tertiary/aromatic N) is 2. The summed E-state index contributed by atoms with van der Waals surface area (Å²) in [6, 6.07) is 22.7. The third-order valence-corrected chi connectivity index (χ3v) is 13.5. The zero-order valence-corrected chi connectivity index (χ0v) is 26.5. The molecule has 0 bridgehead atoms. The van der Waals surface area contributed by atoms with Crippen molar-refractivity contribution in [3.63, 3.8) is 0 Å². The first kappa shape index (κ1) is 29.5. The summed E-state index contributed by atoms with van der Waals surface area (Å²) in [7, 11) is -2.93. The smallest absolute Gasteiger partial charge is 0.274 e. The lowest BCUT2D eigenvalue weighted by Crippen LogP contribution is -2.66. The number of nitrogens with one attached hydrogen (secondary N) is 1. The van der Waals surface area contributed by atoms with E-state index in [2.05, 4.69) is 55.5 Å². The molecule has 2 aliphatic rings. The quantitative estimate of drug-likeness (QED) is 0.267. The summed E-state index contributed by atoms with van der Waals surface area (Å²) < 4.78 is 35.4. The van der Waals surface area contributed by atoms with E-state index >= 15 is 4.39 Å². The van der Waals surface area contributed by atoms with Crippen molar-refractivity contribution in [2.24, 2.45) is 0 Å². The Labute approximate surface area is 253 Å². The molecule has 0 radical (unpaired) electrons. The van der Waals surface area contributed by atoms with Gasteiger partial charge in [0.25, 0.3) is 14.2 Å². The highest BCUT2D eigenvalue weighted by Gasteiger charge is 2.50. The van der Waals surface area contributed by atoms with Crippen molar-refractivity contribution in [3.8, 4) is 0 Å². The number of benzene rings is 3. The summed E-state index contributed by atoms with van der Waals surface area (Å²) >= 11 is 0. The molecule has 1 saturated heterocycles.